The Balaban J connectivity index is 1.41. The molecule has 0 unspecified atom stereocenters. The summed E-state index contributed by atoms with van der Waals surface area (Å²) in [6.07, 6.45) is 1.28. The summed E-state index contributed by atoms with van der Waals surface area (Å²) in [6, 6.07) is 16.2. The van der Waals surface area contributed by atoms with Crippen molar-refractivity contribution >= 4 is 23.2 Å². The van der Waals surface area contributed by atoms with Gasteiger partial charge < -0.3 is 15.1 Å². The van der Waals surface area contributed by atoms with E-state index >= 15 is 0 Å². The molecule has 28 heavy (non-hydrogen) atoms. The molecule has 0 radical (unpaired) electrons. The second-order valence-corrected chi connectivity index (χ2v) is 7.92. The molecule has 2 aromatic rings. The molecule has 5 heteroatoms. The van der Waals surface area contributed by atoms with Crippen LogP contribution in [0.4, 0.5) is 11.4 Å². The Morgan fingerprint density at radius 2 is 1.46 bits per heavy atom. The first-order valence-corrected chi connectivity index (χ1v) is 9.98. The van der Waals surface area contributed by atoms with Gasteiger partial charge in [0.05, 0.1) is 0 Å². The quantitative estimate of drug-likeness (QED) is 0.831. The molecule has 1 heterocycles. The van der Waals surface area contributed by atoms with E-state index in [2.05, 4.69) is 22.3 Å². The number of hydrogen-bond donors (Lipinski definition) is 1. The van der Waals surface area contributed by atoms with E-state index in [1.807, 2.05) is 55.1 Å². The van der Waals surface area contributed by atoms with Crippen LogP contribution in [0.3, 0.4) is 0 Å². The Kier molecular flexibility index (Phi) is 4.84. The number of anilines is 2. The summed E-state index contributed by atoms with van der Waals surface area (Å²) in [5, 5.41) is 3.04. The Morgan fingerprint density at radius 3 is 2.04 bits per heavy atom. The van der Waals surface area contributed by atoms with E-state index in [1.54, 1.807) is 0 Å². The minimum Gasteiger partial charge on any atom is -0.368 e. The summed E-state index contributed by atoms with van der Waals surface area (Å²) in [4.78, 5) is 30.3. The van der Waals surface area contributed by atoms with Crippen LogP contribution < -0.4 is 10.2 Å². The Morgan fingerprint density at radius 1 is 0.857 bits per heavy atom. The maximum Gasteiger partial charge on any atom is 0.240 e. The summed E-state index contributed by atoms with van der Waals surface area (Å²) < 4.78 is 0. The fourth-order valence-corrected chi connectivity index (χ4v) is 4.02. The lowest BCUT2D eigenvalue weighted by molar-refractivity contribution is -0.142. The zero-order valence-electron chi connectivity index (χ0n) is 16.6. The lowest BCUT2D eigenvalue weighted by Crippen LogP contribution is -2.52. The molecule has 0 bridgehead atoms. The molecule has 1 saturated carbocycles. The van der Waals surface area contributed by atoms with Crippen LogP contribution in [0, 0.1) is 19.3 Å². The molecule has 4 rings (SSSR count). The monoisotopic (exact) mass is 377 g/mol. The van der Waals surface area contributed by atoms with Gasteiger partial charge in [0.25, 0.3) is 0 Å². The lowest BCUT2D eigenvalue weighted by Gasteiger charge is -2.37. The summed E-state index contributed by atoms with van der Waals surface area (Å²) >= 11 is 0. The molecule has 0 aromatic heterocycles. The largest absolute Gasteiger partial charge is 0.368 e. The third kappa shape index (κ3) is 3.37. The average molecular weight is 377 g/mol. The number of piperazine rings is 1. The molecule has 2 aliphatic rings. The first-order valence-electron chi connectivity index (χ1n) is 9.98. The summed E-state index contributed by atoms with van der Waals surface area (Å²) in [5.41, 5.74) is 3.19. The minimum absolute atomic E-state index is 0.0102. The molecule has 1 N–H and O–H groups in total. The van der Waals surface area contributed by atoms with Crippen LogP contribution in [0.25, 0.3) is 0 Å². The molecule has 0 spiro atoms. The van der Waals surface area contributed by atoms with E-state index in [0.29, 0.717) is 25.9 Å². The zero-order valence-corrected chi connectivity index (χ0v) is 16.6. The predicted octanol–water partition coefficient (Wildman–Crippen LogP) is 3.37. The number of carbonyl (C=O) groups excluding carboxylic acids is 2. The van der Waals surface area contributed by atoms with Crippen LogP contribution in [0.15, 0.2) is 48.5 Å². The molecular weight excluding hydrogens is 350 g/mol. The number of nitrogens with zero attached hydrogens (tertiary/aromatic N) is 2. The van der Waals surface area contributed by atoms with Gasteiger partial charge in [0.2, 0.25) is 11.8 Å². The van der Waals surface area contributed by atoms with Gasteiger partial charge in [0.1, 0.15) is 5.41 Å². The molecule has 1 aliphatic heterocycles. The predicted molar refractivity (Wildman–Crippen MR) is 111 cm³/mol. The van der Waals surface area contributed by atoms with E-state index in [1.165, 1.54) is 5.69 Å². The summed E-state index contributed by atoms with van der Waals surface area (Å²) in [7, 11) is 0. The van der Waals surface area contributed by atoms with Crippen molar-refractivity contribution in [3.8, 4) is 0 Å². The van der Waals surface area contributed by atoms with Gasteiger partial charge in [-0.05, 0) is 49.9 Å². The van der Waals surface area contributed by atoms with Crippen LogP contribution >= 0.6 is 0 Å². The van der Waals surface area contributed by atoms with Crippen LogP contribution in [0.2, 0.25) is 0 Å². The maximum atomic E-state index is 13.2. The Labute approximate surface area is 166 Å². The van der Waals surface area contributed by atoms with E-state index in [0.717, 1.165) is 29.9 Å². The number of para-hydroxylation sites is 2. The first-order chi connectivity index (χ1) is 13.5. The number of aryl methyl sites for hydroxylation is 2. The van der Waals surface area contributed by atoms with Crippen molar-refractivity contribution in [2.45, 2.75) is 26.7 Å². The number of rotatable bonds is 4. The van der Waals surface area contributed by atoms with Gasteiger partial charge in [0.15, 0.2) is 0 Å². The SMILES string of the molecule is Cc1cccc(C)c1NC(=O)C1(C(=O)N2CCN(c3ccccc3)CC2)CC1. The van der Waals surface area contributed by atoms with E-state index < -0.39 is 5.41 Å². The van der Waals surface area contributed by atoms with Gasteiger partial charge in [-0.1, -0.05) is 36.4 Å². The fraction of sp³-hybridized carbons (Fsp3) is 0.391. The third-order valence-electron chi connectivity index (χ3n) is 6.00. The van der Waals surface area contributed by atoms with Crippen molar-refractivity contribution < 1.29 is 9.59 Å². The molecule has 2 amide bonds. The van der Waals surface area contributed by atoms with Crippen molar-refractivity contribution in [3.63, 3.8) is 0 Å². The topological polar surface area (TPSA) is 52.7 Å². The number of nitrogens with one attached hydrogen (secondary N) is 1. The highest BCUT2D eigenvalue weighted by Crippen LogP contribution is 2.48. The number of hydrogen-bond acceptors (Lipinski definition) is 3. The highest BCUT2D eigenvalue weighted by molar-refractivity contribution is 6.13. The normalized spacial score (nSPS) is 17.9. The van der Waals surface area contributed by atoms with Gasteiger partial charge in [-0.2, -0.15) is 0 Å². The number of benzene rings is 2. The van der Waals surface area contributed by atoms with Crippen molar-refractivity contribution in [2.24, 2.45) is 5.41 Å². The molecule has 2 aromatic carbocycles. The first kappa shape index (κ1) is 18.5. The van der Waals surface area contributed by atoms with Crippen molar-refractivity contribution in [2.75, 3.05) is 36.4 Å². The average Bonchev–Trinajstić information content (AvgIpc) is 3.53. The van der Waals surface area contributed by atoms with E-state index in [4.69, 9.17) is 0 Å². The summed E-state index contributed by atoms with van der Waals surface area (Å²) in [6.45, 7) is 6.87. The molecule has 1 aliphatic carbocycles. The fourth-order valence-electron chi connectivity index (χ4n) is 4.02. The second kappa shape index (κ2) is 7.30. The third-order valence-corrected chi connectivity index (χ3v) is 6.00. The van der Waals surface area contributed by atoms with Crippen molar-refractivity contribution in [1.29, 1.82) is 0 Å². The van der Waals surface area contributed by atoms with Gasteiger partial charge in [-0.25, -0.2) is 0 Å². The van der Waals surface area contributed by atoms with Crippen LogP contribution in [-0.2, 0) is 9.59 Å². The molecule has 5 nitrogen and oxygen atoms in total. The number of carbonyl (C=O) groups is 2. The second-order valence-electron chi connectivity index (χ2n) is 7.92. The lowest BCUT2D eigenvalue weighted by atomic mass is 10.0. The van der Waals surface area contributed by atoms with E-state index in [-0.39, 0.29) is 11.8 Å². The van der Waals surface area contributed by atoms with Gasteiger partial charge >= 0.3 is 0 Å². The highest BCUT2D eigenvalue weighted by atomic mass is 16.2. The zero-order chi connectivity index (χ0) is 19.7. The van der Waals surface area contributed by atoms with Gasteiger partial charge in [0, 0.05) is 37.6 Å². The summed E-state index contributed by atoms with van der Waals surface area (Å²) in [5.74, 6) is -0.163. The van der Waals surface area contributed by atoms with E-state index in [9.17, 15) is 9.59 Å². The van der Waals surface area contributed by atoms with Crippen molar-refractivity contribution in [3.05, 3.63) is 59.7 Å². The molecule has 146 valence electrons. The minimum atomic E-state index is -0.871. The number of amides is 2. The molecule has 1 saturated heterocycles. The molecular formula is C23H27N3O2. The van der Waals surface area contributed by atoms with Crippen LogP contribution in [-0.4, -0.2) is 42.9 Å². The molecule has 2 fully saturated rings. The van der Waals surface area contributed by atoms with Crippen LogP contribution in [0.5, 0.6) is 0 Å². The maximum absolute atomic E-state index is 13.2. The van der Waals surface area contributed by atoms with Crippen molar-refractivity contribution in [1.82, 2.24) is 4.90 Å². The standard InChI is InChI=1S/C23H27N3O2/c1-17-7-6-8-18(2)20(17)24-21(27)23(11-12-23)22(28)26-15-13-25(14-16-26)19-9-4-3-5-10-19/h3-10H,11-16H2,1-2H3,(H,24,27). The van der Waals surface area contributed by atoms with Gasteiger partial charge in [-0.3, -0.25) is 9.59 Å². The van der Waals surface area contributed by atoms with Gasteiger partial charge in [-0.15, -0.1) is 0 Å². The Hall–Kier alpha value is -2.82. The highest BCUT2D eigenvalue weighted by Gasteiger charge is 2.58. The smallest absolute Gasteiger partial charge is 0.240 e. The Bertz CT molecular complexity index is 862. The molecule has 0 atom stereocenters. The van der Waals surface area contributed by atoms with Crippen LogP contribution in [0.1, 0.15) is 24.0 Å².